The Hall–Kier alpha value is -3.30. The molecule has 0 fully saturated rings. The molecule has 0 amide bonds. The third-order valence-electron chi connectivity index (χ3n) is 6.15. The van der Waals surface area contributed by atoms with Crippen molar-refractivity contribution >= 4 is 0 Å². The summed E-state index contributed by atoms with van der Waals surface area (Å²) in [4.78, 5) is 8.27. The van der Waals surface area contributed by atoms with Gasteiger partial charge < -0.3 is 4.74 Å². The number of nitrogens with zero attached hydrogens (tertiary/aromatic N) is 2. The fraction of sp³-hybridized carbons (Fsp3) is 0.154. The minimum Gasteiger partial charge on any atom is -0.365 e. The molecule has 4 heterocycles. The van der Waals surface area contributed by atoms with Gasteiger partial charge in [0, 0.05) is 37.6 Å². The summed E-state index contributed by atoms with van der Waals surface area (Å²) in [7, 11) is 0. The van der Waals surface area contributed by atoms with Gasteiger partial charge in [-0.1, -0.05) is 36.4 Å². The van der Waals surface area contributed by atoms with E-state index >= 15 is 0 Å². The number of aromatic nitrogens is 2. The standard InChI is InChI=1S/C26H20N2O/c1-3-23-21(13-19(1)17-5-9-27-10-6-17)15-26-24-4-2-20(18-7-11-28-12-8-18)14-22(24)16-25(23)29-26/h1-14,25-26H,15-16H2. The molecule has 140 valence electrons. The van der Waals surface area contributed by atoms with Crippen LogP contribution in [0.5, 0.6) is 0 Å². The molecule has 0 saturated carbocycles. The molecule has 2 aromatic heterocycles. The summed E-state index contributed by atoms with van der Waals surface area (Å²) in [5.41, 5.74) is 10.4. The van der Waals surface area contributed by atoms with E-state index in [1.54, 1.807) is 0 Å². The molecule has 0 spiro atoms. The van der Waals surface area contributed by atoms with Crippen LogP contribution >= 0.6 is 0 Å². The number of hydrogen-bond donors (Lipinski definition) is 0. The maximum Gasteiger partial charge on any atom is 0.0876 e. The number of fused-ring (bicyclic) bond motifs is 6. The van der Waals surface area contributed by atoms with Gasteiger partial charge in [0.25, 0.3) is 0 Å². The molecule has 2 bridgehead atoms. The third-order valence-corrected chi connectivity index (χ3v) is 6.15. The van der Waals surface area contributed by atoms with Crippen LogP contribution in [0.15, 0.2) is 85.5 Å². The molecular weight excluding hydrogens is 356 g/mol. The van der Waals surface area contributed by atoms with Crippen LogP contribution < -0.4 is 0 Å². The number of pyridine rings is 2. The van der Waals surface area contributed by atoms with E-state index < -0.39 is 0 Å². The second kappa shape index (κ2) is 6.64. The third kappa shape index (κ3) is 2.86. The first-order valence-corrected chi connectivity index (χ1v) is 10.1. The maximum atomic E-state index is 6.45. The van der Waals surface area contributed by atoms with Crippen molar-refractivity contribution in [1.29, 1.82) is 0 Å². The molecule has 2 aromatic carbocycles. The molecule has 0 aliphatic carbocycles. The van der Waals surface area contributed by atoms with Crippen molar-refractivity contribution in [3.8, 4) is 22.3 Å². The van der Waals surface area contributed by atoms with Gasteiger partial charge in [0.05, 0.1) is 12.2 Å². The van der Waals surface area contributed by atoms with Crippen molar-refractivity contribution in [3.63, 3.8) is 0 Å². The monoisotopic (exact) mass is 376 g/mol. The normalized spacial score (nSPS) is 19.3. The van der Waals surface area contributed by atoms with E-state index in [1.165, 1.54) is 44.5 Å². The van der Waals surface area contributed by atoms with E-state index in [-0.39, 0.29) is 12.2 Å². The van der Waals surface area contributed by atoms with Crippen molar-refractivity contribution in [1.82, 2.24) is 9.97 Å². The summed E-state index contributed by atoms with van der Waals surface area (Å²) in [6.45, 7) is 0. The van der Waals surface area contributed by atoms with Gasteiger partial charge in [0.2, 0.25) is 0 Å². The first-order chi connectivity index (χ1) is 14.3. The molecule has 2 unspecified atom stereocenters. The predicted octanol–water partition coefficient (Wildman–Crippen LogP) is 5.72. The molecule has 2 aliphatic heterocycles. The zero-order valence-corrected chi connectivity index (χ0v) is 16.0. The highest BCUT2D eigenvalue weighted by Crippen LogP contribution is 2.46. The van der Waals surface area contributed by atoms with E-state index in [0.717, 1.165) is 12.8 Å². The van der Waals surface area contributed by atoms with Crippen LogP contribution in [-0.2, 0) is 17.6 Å². The van der Waals surface area contributed by atoms with Crippen molar-refractivity contribution < 1.29 is 4.74 Å². The quantitative estimate of drug-likeness (QED) is 0.449. The Morgan fingerprint density at radius 2 is 1.00 bits per heavy atom. The summed E-state index contributed by atoms with van der Waals surface area (Å²) in [6, 6.07) is 21.9. The Balaban J connectivity index is 1.37. The van der Waals surface area contributed by atoms with E-state index in [2.05, 4.69) is 70.6 Å². The molecule has 29 heavy (non-hydrogen) atoms. The van der Waals surface area contributed by atoms with Crippen LogP contribution in [0.3, 0.4) is 0 Å². The van der Waals surface area contributed by atoms with Gasteiger partial charge in [-0.25, -0.2) is 0 Å². The Bertz CT molecular complexity index is 1090. The number of hydrogen-bond acceptors (Lipinski definition) is 3. The Kier molecular flexibility index (Phi) is 3.81. The van der Waals surface area contributed by atoms with Crippen molar-refractivity contribution in [3.05, 3.63) is 108 Å². The first kappa shape index (κ1) is 16.6. The lowest BCUT2D eigenvalue weighted by atomic mass is 9.80. The summed E-state index contributed by atoms with van der Waals surface area (Å²) < 4.78 is 6.45. The number of ether oxygens (including phenoxy) is 1. The van der Waals surface area contributed by atoms with Crippen LogP contribution in [0, 0.1) is 0 Å². The average molecular weight is 376 g/mol. The minimum absolute atomic E-state index is 0.135. The highest BCUT2D eigenvalue weighted by Gasteiger charge is 2.34. The van der Waals surface area contributed by atoms with Gasteiger partial charge in [-0.15, -0.1) is 0 Å². The van der Waals surface area contributed by atoms with Crippen molar-refractivity contribution in [2.45, 2.75) is 25.0 Å². The van der Waals surface area contributed by atoms with Crippen LogP contribution in [0.25, 0.3) is 22.3 Å². The fourth-order valence-electron chi connectivity index (χ4n) is 4.70. The van der Waals surface area contributed by atoms with Gasteiger partial charge in [0.15, 0.2) is 0 Å². The lowest BCUT2D eigenvalue weighted by Gasteiger charge is -2.38. The minimum atomic E-state index is 0.135. The van der Waals surface area contributed by atoms with Gasteiger partial charge in [-0.05, 0) is 68.8 Å². The van der Waals surface area contributed by atoms with Gasteiger partial charge in [-0.2, -0.15) is 0 Å². The zero-order chi connectivity index (χ0) is 19.2. The van der Waals surface area contributed by atoms with Gasteiger partial charge in [-0.3, -0.25) is 9.97 Å². The summed E-state index contributed by atoms with van der Waals surface area (Å²) in [5.74, 6) is 0. The van der Waals surface area contributed by atoms with Crippen molar-refractivity contribution in [2.24, 2.45) is 0 Å². The fourth-order valence-corrected chi connectivity index (χ4v) is 4.70. The Morgan fingerprint density at radius 3 is 1.45 bits per heavy atom. The summed E-state index contributed by atoms with van der Waals surface area (Å²) >= 11 is 0. The van der Waals surface area contributed by atoms with E-state index in [1.807, 2.05) is 24.8 Å². The lowest BCUT2D eigenvalue weighted by Crippen LogP contribution is -2.27. The molecule has 2 aliphatic rings. The summed E-state index contributed by atoms with van der Waals surface area (Å²) in [6.07, 6.45) is 9.52. The topological polar surface area (TPSA) is 35.0 Å². The highest BCUT2D eigenvalue weighted by atomic mass is 16.5. The largest absolute Gasteiger partial charge is 0.365 e. The van der Waals surface area contributed by atoms with E-state index in [4.69, 9.17) is 4.74 Å². The van der Waals surface area contributed by atoms with Crippen molar-refractivity contribution in [2.75, 3.05) is 0 Å². The van der Waals surface area contributed by atoms with E-state index in [0.29, 0.717) is 0 Å². The van der Waals surface area contributed by atoms with Gasteiger partial charge in [0.1, 0.15) is 0 Å². The SMILES string of the molecule is c1cc(-c2ccc3c(c2)CC2OC3Cc3cc(-c4ccncc4)ccc32)ccn1. The van der Waals surface area contributed by atoms with Crippen LogP contribution in [-0.4, -0.2) is 9.97 Å². The molecule has 0 N–H and O–H groups in total. The molecule has 3 heteroatoms. The van der Waals surface area contributed by atoms with Gasteiger partial charge >= 0.3 is 0 Å². The highest BCUT2D eigenvalue weighted by molar-refractivity contribution is 5.66. The Morgan fingerprint density at radius 1 is 0.552 bits per heavy atom. The molecule has 6 rings (SSSR count). The van der Waals surface area contributed by atoms with Crippen LogP contribution in [0.1, 0.15) is 34.5 Å². The smallest absolute Gasteiger partial charge is 0.0876 e. The second-order valence-electron chi connectivity index (χ2n) is 7.82. The molecule has 0 saturated heterocycles. The number of benzene rings is 2. The molecule has 2 atom stereocenters. The summed E-state index contributed by atoms with van der Waals surface area (Å²) in [5, 5.41) is 0. The molecule has 0 radical (unpaired) electrons. The maximum absolute atomic E-state index is 6.45. The predicted molar refractivity (Wildman–Crippen MR) is 113 cm³/mol. The lowest BCUT2D eigenvalue weighted by molar-refractivity contribution is -0.0391. The molecule has 4 aromatic rings. The zero-order valence-electron chi connectivity index (χ0n) is 16.0. The average Bonchev–Trinajstić information content (AvgIpc) is 2.79. The first-order valence-electron chi connectivity index (χ1n) is 10.1. The number of rotatable bonds is 2. The van der Waals surface area contributed by atoms with E-state index in [9.17, 15) is 0 Å². The molecular formula is C26H20N2O. The second-order valence-corrected chi connectivity index (χ2v) is 7.82. The van der Waals surface area contributed by atoms with Crippen LogP contribution in [0.2, 0.25) is 0 Å². The molecule has 3 nitrogen and oxygen atoms in total. The Labute approximate surface area is 170 Å². The van der Waals surface area contributed by atoms with Crippen LogP contribution in [0.4, 0.5) is 0 Å².